The monoisotopic (exact) mass is 377 g/mol. The van der Waals surface area contributed by atoms with E-state index in [2.05, 4.69) is 10.00 Å². The molecule has 7 nitrogen and oxygen atoms in total. The summed E-state index contributed by atoms with van der Waals surface area (Å²) in [5, 5.41) is 4.24. The van der Waals surface area contributed by atoms with Gasteiger partial charge >= 0.3 is 0 Å². The zero-order chi connectivity index (χ0) is 19.5. The summed E-state index contributed by atoms with van der Waals surface area (Å²) in [4.78, 5) is 18.6. The number of nitrogens with two attached hydrogens (primary N) is 1. The molecule has 0 spiro atoms. The number of aromatic nitrogens is 3. The number of rotatable bonds is 5. The number of morpholine rings is 1. The van der Waals surface area contributed by atoms with Crippen LogP contribution in [0, 0.1) is 0 Å². The third kappa shape index (κ3) is 3.95. The molecule has 4 rings (SSSR count). The van der Waals surface area contributed by atoms with Crippen LogP contribution in [-0.2, 0) is 18.3 Å². The number of pyridine rings is 1. The highest BCUT2D eigenvalue weighted by atomic mass is 16.5. The third-order valence-corrected chi connectivity index (χ3v) is 5.00. The lowest BCUT2D eigenvalue weighted by molar-refractivity contribution is -0.0355. The summed E-state index contributed by atoms with van der Waals surface area (Å²) >= 11 is 0. The molecule has 1 aliphatic heterocycles. The van der Waals surface area contributed by atoms with Crippen LogP contribution in [-0.4, -0.2) is 45.3 Å². The van der Waals surface area contributed by atoms with Crippen molar-refractivity contribution in [1.82, 2.24) is 19.7 Å². The molecule has 28 heavy (non-hydrogen) atoms. The maximum atomic E-state index is 11.5. The first kappa shape index (κ1) is 18.3. The summed E-state index contributed by atoms with van der Waals surface area (Å²) in [5.41, 5.74) is 9.59. The summed E-state index contributed by atoms with van der Waals surface area (Å²) in [6, 6.07) is 15.1. The minimum atomic E-state index is -0.445. The van der Waals surface area contributed by atoms with E-state index in [1.807, 2.05) is 54.3 Å². The van der Waals surface area contributed by atoms with Gasteiger partial charge in [0.2, 0.25) is 5.91 Å². The van der Waals surface area contributed by atoms with Crippen molar-refractivity contribution in [2.75, 3.05) is 19.7 Å². The zero-order valence-corrected chi connectivity index (χ0v) is 15.8. The number of aryl methyl sites for hydroxylation is 1. The first-order valence-corrected chi connectivity index (χ1v) is 9.28. The molecule has 0 unspecified atom stereocenters. The minimum Gasteiger partial charge on any atom is -0.369 e. The Morgan fingerprint density at radius 2 is 2.11 bits per heavy atom. The highest BCUT2D eigenvalue weighted by molar-refractivity contribution is 5.93. The molecule has 0 radical (unpaired) electrons. The summed E-state index contributed by atoms with van der Waals surface area (Å²) in [7, 11) is 1.96. The fourth-order valence-electron chi connectivity index (χ4n) is 3.43. The molecule has 3 aromatic rings. The van der Waals surface area contributed by atoms with Crippen LogP contribution in [0.2, 0.25) is 0 Å². The first-order valence-electron chi connectivity index (χ1n) is 9.28. The van der Waals surface area contributed by atoms with E-state index in [1.165, 1.54) is 5.69 Å². The molecule has 1 aliphatic rings. The largest absolute Gasteiger partial charge is 0.369 e. The van der Waals surface area contributed by atoms with E-state index in [0.717, 1.165) is 36.6 Å². The Morgan fingerprint density at radius 1 is 1.25 bits per heavy atom. The molecule has 1 saturated heterocycles. The van der Waals surface area contributed by atoms with Gasteiger partial charge in [-0.05, 0) is 30.3 Å². The molecule has 0 bridgehead atoms. The summed E-state index contributed by atoms with van der Waals surface area (Å²) in [5.74, 6) is -0.445. The van der Waals surface area contributed by atoms with E-state index in [0.29, 0.717) is 12.2 Å². The van der Waals surface area contributed by atoms with Gasteiger partial charge < -0.3 is 10.5 Å². The van der Waals surface area contributed by atoms with Crippen molar-refractivity contribution in [2.45, 2.75) is 12.6 Å². The second kappa shape index (κ2) is 7.92. The lowest BCUT2D eigenvalue weighted by Crippen LogP contribution is -2.38. The van der Waals surface area contributed by atoms with Crippen LogP contribution >= 0.6 is 0 Å². The van der Waals surface area contributed by atoms with Gasteiger partial charge in [-0.3, -0.25) is 19.4 Å². The van der Waals surface area contributed by atoms with E-state index in [9.17, 15) is 4.79 Å². The van der Waals surface area contributed by atoms with Crippen LogP contribution in [0.15, 0.2) is 54.7 Å². The van der Waals surface area contributed by atoms with Crippen molar-refractivity contribution >= 4 is 5.91 Å². The maximum absolute atomic E-state index is 11.5. The molecule has 3 heterocycles. The minimum absolute atomic E-state index is 0.0961. The summed E-state index contributed by atoms with van der Waals surface area (Å²) in [6.45, 7) is 3.13. The molecule has 1 fully saturated rings. The molecule has 7 heteroatoms. The van der Waals surface area contributed by atoms with E-state index in [4.69, 9.17) is 15.5 Å². The Balaban J connectivity index is 1.53. The standard InChI is InChI=1S/C21H23N5O2/c1-25-17(8-9-23-25)13-26-10-11-28-20(14-26)19-7-3-6-18(24-19)15-4-2-5-16(12-15)21(22)27/h2-9,12,20H,10-11,13-14H2,1H3,(H2,22,27)/t20-/m0/s1. The van der Waals surface area contributed by atoms with E-state index in [-0.39, 0.29) is 6.10 Å². The van der Waals surface area contributed by atoms with Gasteiger partial charge in [-0.15, -0.1) is 0 Å². The van der Waals surface area contributed by atoms with E-state index in [1.54, 1.807) is 12.1 Å². The number of hydrogen-bond donors (Lipinski definition) is 1. The molecule has 1 aromatic carbocycles. The Bertz CT molecular complexity index is 984. The van der Waals surface area contributed by atoms with Crippen LogP contribution in [0.25, 0.3) is 11.3 Å². The average Bonchev–Trinajstić information content (AvgIpc) is 3.13. The first-order chi connectivity index (χ1) is 13.6. The normalized spacial score (nSPS) is 17.5. The Hall–Kier alpha value is -3.03. The van der Waals surface area contributed by atoms with Gasteiger partial charge in [-0.1, -0.05) is 18.2 Å². The van der Waals surface area contributed by atoms with Crippen LogP contribution < -0.4 is 5.73 Å². The number of ether oxygens (including phenoxy) is 1. The number of hydrogen-bond acceptors (Lipinski definition) is 5. The summed E-state index contributed by atoms with van der Waals surface area (Å²) < 4.78 is 7.89. The quantitative estimate of drug-likeness (QED) is 0.736. The van der Waals surface area contributed by atoms with Gasteiger partial charge in [0.1, 0.15) is 6.10 Å². The van der Waals surface area contributed by atoms with Gasteiger partial charge in [-0.25, -0.2) is 0 Å². The van der Waals surface area contributed by atoms with Crippen LogP contribution in [0.3, 0.4) is 0 Å². The van der Waals surface area contributed by atoms with Crippen molar-refractivity contribution in [2.24, 2.45) is 12.8 Å². The molecule has 2 N–H and O–H groups in total. The van der Waals surface area contributed by atoms with Crippen LogP contribution in [0.5, 0.6) is 0 Å². The fraction of sp³-hybridized carbons (Fsp3) is 0.286. The molecule has 0 aliphatic carbocycles. The number of benzene rings is 1. The maximum Gasteiger partial charge on any atom is 0.248 e. The number of nitrogens with zero attached hydrogens (tertiary/aromatic N) is 4. The molecular weight excluding hydrogens is 354 g/mol. The fourth-order valence-corrected chi connectivity index (χ4v) is 3.43. The van der Waals surface area contributed by atoms with E-state index < -0.39 is 5.91 Å². The predicted molar refractivity (Wildman–Crippen MR) is 105 cm³/mol. The smallest absolute Gasteiger partial charge is 0.248 e. The second-order valence-electron chi connectivity index (χ2n) is 6.93. The molecule has 1 atom stereocenters. The third-order valence-electron chi connectivity index (χ3n) is 5.00. The SMILES string of the molecule is Cn1nccc1CN1CCO[C@H](c2cccc(-c3cccc(C(N)=O)c3)n2)C1. The van der Waals surface area contributed by atoms with Gasteiger partial charge in [0.05, 0.1) is 23.7 Å². The number of primary amides is 1. The van der Waals surface area contributed by atoms with Gasteiger partial charge in [0.25, 0.3) is 0 Å². The Morgan fingerprint density at radius 3 is 2.89 bits per heavy atom. The average molecular weight is 377 g/mol. The summed E-state index contributed by atoms with van der Waals surface area (Å²) in [6.07, 6.45) is 1.72. The molecular formula is C21H23N5O2. The number of carbonyl (C=O) groups is 1. The van der Waals surface area contributed by atoms with Crippen LogP contribution in [0.1, 0.15) is 27.8 Å². The van der Waals surface area contributed by atoms with Crippen molar-refractivity contribution < 1.29 is 9.53 Å². The van der Waals surface area contributed by atoms with Gasteiger partial charge in [0.15, 0.2) is 0 Å². The Labute approximate surface area is 163 Å². The van der Waals surface area contributed by atoms with Crippen molar-refractivity contribution in [3.8, 4) is 11.3 Å². The van der Waals surface area contributed by atoms with Crippen molar-refractivity contribution in [3.05, 3.63) is 71.7 Å². The second-order valence-corrected chi connectivity index (χ2v) is 6.93. The predicted octanol–water partition coefficient (Wildman–Crippen LogP) is 2.15. The van der Waals surface area contributed by atoms with Crippen LogP contribution in [0.4, 0.5) is 0 Å². The molecule has 144 valence electrons. The lowest BCUT2D eigenvalue weighted by Gasteiger charge is -2.32. The van der Waals surface area contributed by atoms with Crippen molar-refractivity contribution in [1.29, 1.82) is 0 Å². The molecule has 0 saturated carbocycles. The highest BCUT2D eigenvalue weighted by Crippen LogP contribution is 2.25. The highest BCUT2D eigenvalue weighted by Gasteiger charge is 2.24. The number of amides is 1. The molecule has 2 aromatic heterocycles. The number of carbonyl (C=O) groups excluding carboxylic acids is 1. The molecule has 1 amide bonds. The van der Waals surface area contributed by atoms with E-state index >= 15 is 0 Å². The Kier molecular flexibility index (Phi) is 5.18. The van der Waals surface area contributed by atoms with Crippen molar-refractivity contribution in [3.63, 3.8) is 0 Å². The van der Waals surface area contributed by atoms with Gasteiger partial charge in [-0.2, -0.15) is 5.10 Å². The van der Waals surface area contributed by atoms with Gasteiger partial charge in [0, 0.05) is 44.0 Å². The topological polar surface area (TPSA) is 86.3 Å². The zero-order valence-electron chi connectivity index (χ0n) is 15.8. The lowest BCUT2D eigenvalue weighted by atomic mass is 10.1.